The molecular formula is C10H13B. The Hall–Kier alpha value is -0.715. The molecule has 0 heterocycles. The molecule has 11 heavy (non-hydrogen) atoms. The molecule has 0 saturated heterocycles. The van der Waals surface area contributed by atoms with E-state index in [0.29, 0.717) is 0 Å². The molecule has 0 bridgehead atoms. The molecule has 2 radical (unpaired) electrons. The molecule has 0 aliphatic carbocycles. The first-order valence-corrected chi connectivity index (χ1v) is 3.86. The highest BCUT2D eigenvalue weighted by atomic mass is 14.1. The number of aryl methyl sites for hydroxylation is 1. The second-order valence-corrected chi connectivity index (χ2v) is 3.59. The maximum absolute atomic E-state index is 5.93. The average Bonchev–Trinajstić information content (AvgIpc) is 1.86. The van der Waals surface area contributed by atoms with Gasteiger partial charge in [0.05, 0.1) is 7.85 Å². The van der Waals surface area contributed by atoms with Crippen molar-refractivity contribution in [2.45, 2.75) is 26.1 Å². The van der Waals surface area contributed by atoms with Crippen molar-refractivity contribution in [3.63, 3.8) is 0 Å². The van der Waals surface area contributed by atoms with Crippen LogP contribution in [-0.4, -0.2) is 7.85 Å². The van der Waals surface area contributed by atoms with Crippen molar-refractivity contribution < 1.29 is 0 Å². The molecule has 0 fully saturated rings. The largest absolute Gasteiger partial charge is 0.0802 e. The number of hydrogen-bond acceptors (Lipinski definition) is 0. The van der Waals surface area contributed by atoms with Crippen LogP contribution >= 0.6 is 0 Å². The molecule has 56 valence electrons. The van der Waals surface area contributed by atoms with Crippen molar-refractivity contribution in [3.05, 3.63) is 35.4 Å². The van der Waals surface area contributed by atoms with Crippen molar-refractivity contribution in [2.24, 2.45) is 0 Å². The Bertz CT molecular complexity index is 245. The molecule has 0 spiro atoms. The Labute approximate surface area is 70.0 Å². The van der Waals surface area contributed by atoms with Gasteiger partial charge in [0.15, 0.2) is 0 Å². The van der Waals surface area contributed by atoms with Gasteiger partial charge in [-0.1, -0.05) is 49.2 Å². The minimum atomic E-state index is -0.216. The van der Waals surface area contributed by atoms with E-state index >= 15 is 0 Å². The van der Waals surface area contributed by atoms with Crippen LogP contribution in [0, 0.1) is 6.92 Å². The molecule has 0 N–H and O–H groups in total. The van der Waals surface area contributed by atoms with E-state index < -0.39 is 0 Å². The van der Waals surface area contributed by atoms with Gasteiger partial charge in [-0.2, -0.15) is 0 Å². The SMILES string of the molecule is [B]C(C)(C)c1cccc(C)c1. The van der Waals surface area contributed by atoms with Crippen molar-refractivity contribution in [2.75, 3.05) is 0 Å². The average molecular weight is 144 g/mol. The van der Waals surface area contributed by atoms with Gasteiger partial charge in [0.2, 0.25) is 0 Å². The summed E-state index contributed by atoms with van der Waals surface area (Å²) in [5.41, 5.74) is 2.46. The molecule has 0 nitrogen and oxygen atoms in total. The molecule has 1 rings (SSSR count). The van der Waals surface area contributed by atoms with Crippen molar-refractivity contribution in [3.8, 4) is 0 Å². The van der Waals surface area contributed by atoms with Crippen LogP contribution < -0.4 is 0 Å². The molecule has 0 aromatic heterocycles. The molecule has 0 saturated carbocycles. The first-order valence-electron chi connectivity index (χ1n) is 3.86. The van der Waals surface area contributed by atoms with Gasteiger partial charge in [0.1, 0.15) is 0 Å². The molecule has 1 aromatic rings. The van der Waals surface area contributed by atoms with E-state index in [9.17, 15) is 0 Å². The molecule has 0 atom stereocenters. The lowest BCUT2D eigenvalue weighted by Gasteiger charge is -2.19. The predicted molar refractivity (Wildman–Crippen MR) is 50.0 cm³/mol. The maximum Gasteiger partial charge on any atom is 0.0802 e. The smallest absolute Gasteiger partial charge is 0.0639 e. The summed E-state index contributed by atoms with van der Waals surface area (Å²) in [7, 11) is 5.93. The first-order chi connectivity index (χ1) is 5.00. The Morgan fingerprint density at radius 2 is 1.91 bits per heavy atom. The summed E-state index contributed by atoms with van der Waals surface area (Å²) in [5.74, 6) is 0. The van der Waals surface area contributed by atoms with Gasteiger partial charge in [-0.25, -0.2) is 0 Å². The molecular weight excluding hydrogens is 131 g/mol. The summed E-state index contributed by atoms with van der Waals surface area (Å²) in [6, 6.07) is 8.31. The third kappa shape index (κ3) is 2.11. The summed E-state index contributed by atoms with van der Waals surface area (Å²) >= 11 is 0. The second-order valence-electron chi connectivity index (χ2n) is 3.59. The van der Waals surface area contributed by atoms with Crippen LogP contribution in [0.2, 0.25) is 0 Å². The molecule has 1 aromatic carbocycles. The van der Waals surface area contributed by atoms with E-state index in [1.165, 1.54) is 11.1 Å². The first kappa shape index (κ1) is 8.38. The van der Waals surface area contributed by atoms with Gasteiger partial charge >= 0.3 is 0 Å². The Morgan fingerprint density at radius 1 is 1.27 bits per heavy atom. The monoisotopic (exact) mass is 144 g/mol. The van der Waals surface area contributed by atoms with E-state index in [-0.39, 0.29) is 5.31 Å². The van der Waals surface area contributed by atoms with Crippen molar-refractivity contribution >= 4 is 7.85 Å². The quantitative estimate of drug-likeness (QED) is 0.531. The highest BCUT2D eigenvalue weighted by molar-refractivity contribution is 6.15. The lowest BCUT2D eigenvalue weighted by molar-refractivity contribution is 0.763. The summed E-state index contributed by atoms with van der Waals surface area (Å²) in [6.45, 7) is 6.11. The Balaban J connectivity index is 3.06. The zero-order valence-corrected chi connectivity index (χ0v) is 7.39. The van der Waals surface area contributed by atoms with E-state index in [2.05, 4.69) is 25.1 Å². The molecule has 1 heteroatoms. The van der Waals surface area contributed by atoms with Crippen molar-refractivity contribution in [1.82, 2.24) is 0 Å². The van der Waals surface area contributed by atoms with E-state index in [1.807, 2.05) is 19.9 Å². The van der Waals surface area contributed by atoms with E-state index in [4.69, 9.17) is 7.85 Å². The fourth-order valence-electron chi connectivity index (χ4n) is 1.05. The number of rotatable bonds is 1. The molecule has 0 unspecified atom stereocenters. The summed E-state index contributed by atoms with van der Waals surface area (Å²) in [6.07, 6.45) is 0. The lowest BCUT2D eigenvalue weighted by Crippen LogP contribution is -2.16. The molecule has 0 aliphatic rings. The predicted octanol–water partition coefficient (Wildman–Crippen LogP) is 2.40. The van der Waals surface area contributed by atoms with Gasteiger partial charge in [-0.3, -0.25) is 0 Å². The van der Waals surface area contributed by atoms with Crippen molar-refractivity contribution in [1.29, 1.82) is 0 Å². The number of hydrogen-bond donors (Lipinski definition) is 0. The third-order valence-electron chi connectivity index (χ3n) is 1.76. The summed E-state index contributed by atoms with van der Waals surface area (Å²) in [4.78, 5) is 0. The van der Waals surface area contributed by atoms with Gasteiger partial charge in [-0.15, -0.1) is 0 Å². The highest BCUT2D eigenvalue weighted by Gasteiger charge is 2.11. The molecule has 0 amide bonds. The fraction of sp³-hybridized carbons (Fsp3) is 0.400. The maximum atomic E-state index is 5.93. The molecule has 0 aliphatic heterocycles. The zero-order chi connectivity index (χ0) is 8.48. The van der Waals surface area contributed by atoms with E-state index in [1.54, 1.807) is 0 Å². The van der Waals surface area contributed by atoms with Gasteiger partial charge < -0.3 is 0 Å². The topological polar surface area (TPSA) is 0 Å². The van der Waals surface area contributed by atoms with Gasteiger partial charge in [-0.05, 0) is 12.2 Å². The Kier molecular flexibility index (Phi) is 2.08. The van der Waals surface area contributed by atoms with Crippen LogP contribution in [0.25, 0.3) is 0 Å². The minimum absolute atomic E-state index is 0.216. The summed E-state index contributed by atoms with van der Waals surface area (Å²) < 4.78 is 0. The highest BCUT2D eigenvalue weighted by Crippen LogP contribution is 2.19. The standard InChI is InChI=1S/C10H13B/c1-8-5-4-6-9(7-8)10(2,3)11/h4-7H,1-3H3. The fourth-order valence-corrected chi connectivity index (χ4v) is 1.05. The van der Waals surface area contributed by atoms with Crippen LogP contribution in [0.1, 0.15) is 25.0 Å². The summed E-state index contributed by atoms with van der Waals surface area (Å²) in [5, 5.41) is -0.216. The normalized spacial score (nSPS) is 11.5. The van der Waals surface area contributed by atoms with Crippen LogP contribution in [0.5, 0.6) is 0 Å². The Morgan fingerprint density at radius 3 is 2.27 bits per heavy atom. The van der Waals surface area contributed by atoms with Crippen LogP contribution in [0.3, 0.4) is 0 Å². The zero-order valence-electron chi connectivity index (χ0n) is 7.39. The van der Waals surface area contributed by atoms with Gasteiger partial charge in [0.25, 0.3) is 0 Å². The van der Waals surface area contributed by atoms with Crippen LogP contribution in [0.4, 0.5) is 0 Å². The number of benzene rings is 1. The van der Waals surface area contributed by atoms with Crippen LogP contribution in [0.15, 0.2) is 24.3 Å². The second kappa shape index (κ2) is 2.73. The minimum Gasteiger partial charge on any atom is -0.0639 e. The van der Waals surface area contributed by atoms with Gasteiger partial charge in [0, 0.05) is 0 Å². The third-order valence-corrected chi connectivity index (χ3v) is 1.76. The lowest BCUT2D eigenvalue weighted by atomic mass is 9.67. The van der Waals surface area contributed by atoms with E-state index in [0.717, 1.165) is 0 Å². The van der Waals surface area contributed by atoms with Crippen LogP contribution in [-0.2, 0) is 5.31 Å².